The van der Waals surface area contributed by atoms with Gasteiger partial charge in [0, 0.05) is 38.3 Å². The standard InChI is InChI=1S/C15H22FN3O/c1-11(2)9-15(20)18-12-3-4-14(13(16)10-12)19-7-5-17-6-8-19/h3-4,10-11,17H,5-9H2,1-2H3,(H,18,20). The van der Waals surface area contributed by atoms with E-state index in [-0.39, 0.29) is 11.7 Å². The number of halogens is 1. The second-order valence-corrected chi connectivity index (χ2v) is 5.55. The van der Waals surface area contributed by atoms with E-state index in [1.165, 1.54) is 6.07 Å². The number of benzene rings is 1. The van der Waals surface area contributed by atoms with Gasteiger partial charge in [-0.05, 0) is 24.1 Å². The van der Waals surface area contributed by atoms with Gasteiger partial charge < -0.3 is 15.5 Å². The van der Waals surface area contributed by atoms with Crippen LogP contribution in [0, 0.1) is 11.7 Å². The molecule has 2 N–H and O–H groups in total. The highest BCUT2D eigenvalue weighted by Gasteiger charge is 2.15. The van der Waals surface area contributed by atoms with E-state index in [9.17, 15) is 9.18 Å². The zero-order valence-electron chi connectivity index (χ0n) is 12.1. The van der Waals surface area contributed by atoms with Gasteiger partial charge in [0.05, 0.1) is 5.69 Å². The highest BCUT2D eigenvalue weighted by atomic mass is 19.1. The van der Waals surface area contributed by atoms with E-state index >= 15 is 0 Å². The summed E-state index contributed by atoms with van der Waals surface area (Å²) < 4.78 is 14.1. The molecular weight excluding hydrogens is 257 g/mol. The molecule has 5 heteroatoms. The molecule has 0 saturated carbocycles. The maximum absolute atomic E-state index is 14.1. The molecule has 0 aliphatic carbocycles. The van der Waals surface area contributed by atoms with E-state index in [4.69, 9.17) is 0 Å². The first-order valence-electron chi connectivity index (χ1n) is 7.11. The Morgan fingerprint density at radius 3 is 2.70 bits per heavy atom. The van der Waals surface area contributed by atoms with Crippen LogP contribution in [0.15, 0.2) is 18.2 Å². The van der Waals surface area contributed by atoms with Crippen molar-refractivity contribution in [2.45, 2.75) is 20.3 Å². The van der Waals surface area contributed by atoms with E-state index in [0.29, 0.717) is 23.7 Å². The Labute approximate surface area is 119 Å². The minimum Gasteiger partial charge on any atom is -0.367 e. The van der Waals surface area contributed by atoms with Crippen LogP contribution in [0.4, 0.5) is 15.8 Å². The van der Waals surface area contributed by atoms with Gasteiger partial charge in [0.15, 0.2) is 0 Å². The number of hydrogen-bond acceptors (Lipinski definition) is 3. The van der Waals surface area contributed by atoms with Gasteiger partial charge in [-0.15, -0.1) is 0 Å². The third-order valence-electron chi connectivity index (χ3n) is 3.28. The van der Waals surface area contributed by atoms with Crippen LogP contribution in [0.1, 0.15) is 20.3 Å². The fourth-order valence-electron chi connectivity index (χ4n) is 2.33. The highest BCUT2D eigenvalue weighted by molar-refractivity contribution is 5.91. The van der Waals surface area contributed by atoms with E-state index in [1.54, 1.807) is 12.1 Å². The van der Waals surface area contributed by atoms with Crippen molar-refractivity contribution in [1.82, 2.24) is 5.32 Å². The average molecular weight is 279 g/mol. The molecule has 0 atom stereocenters. The summed E-state index contributed by atoms with van der Waals surface area (Å²) in [6, 6.07) is 4.90. The molecule has 0 unspecified atom stereocenters. The topological polar surface area (TPSA) is 44.4 Å². The number of amides is 1. The minimum absolute atomic E-state index is 0.0747. The number of carbonyl (C=O) groups excluding carboxylic acids is 1. The van der Waals surface area contributed by atoms with Gasteiger partial charge in [0.25, 0.3) is 0 Å². The van der Waals surface area contributed by atoms with Gasteiger partial charge in [-0.25, -0.2) is 4.39 Å². The van der Waals surface area contributed by atoms with Crippen LogP contribution in [0.25, 0.3) is 0 Å². The molecule has 2 rings (SSSR count). The number of nitrogens with one attached hydrogen (secondary N) is 2. The van der Waals surface area contributed by atoms with Gasteiger partial charge in [0.2, 0.25) is 5.91 Å². The van der Waals surface area contributed by atoms with Crippen LogP contribution in [0.3, 0.4) is 0 Å². The minimum atomic E-state index is -0.283. The van der Waals surface area contributed by atoms with Crippen molar-refractivity contribution >= 4 is 17.3 Å². The second kappa shape index (κ2) is 6.70. The van der Waals surface area contributed by atoms with Gasteiger partial charge in [-0.3, -0.25) is 4.79 Å². The van der Waals surface area contributed by atoms with Crippen LogP contribution in [0.2, 0.25) is 0 Å². The number of piperazine rings is 1. The fourth-order valence-corrected chi connectivity index (χ4v) is 2.33. The normalized spacial score (nSPS) is 15.5. The molecule has 1 aliphatic heterocycles. The number of hydrogen-bond donors (Lipinski definition) is 2. The van der Waals surface area contributed by atoms with Gasteiger partial charge >= 0.3 is 0 Å². The van der Waals surface area contributed by atoms with Crippen molar-refractivity contribution in [3.8, 4) is 0 Å². The lowest BCUT2D eigenvalue weighted by Crippen LogP contribution is -2.43. The summed E-state index contributed by atoms with van der Waals surface area (Å²) in [5, 5.41) is 5.97. The molecule has 0 radical (unpaired) electrons. The molecule has 110 valence electrons. The van der Waals surface area contributed by atoms with Crippen molar-refractivity contribution < 1.29 is 9.18 Å². The quantitative estimate of drug-likeness (QED) is 0.888. The number of anilines is 2. The Bertz CT molecular complexity index is 470. The maximum atomic E-state index is 14.1. The SMILES string of the molecule is CC(C)CC(=O)Nc1ccc(N2CCNCC2)c(F)c1. The van der Waals surface area contributed by atoms with Crippen molar-refractivity contribution in [2.75, 3.05) is 36.4 Å². The Morgan fingerprint density at radius 1 is 1.40 bits per heavy atom. The predicted molar refractivity (Wildman–Crippen MR) is 79.6 cm³/mol. The molecule has 1 amide bonds. The van der Waals surface area contributed by atoms with Gasteiger partial charge in [0.1, 0.15) is 5.82 Å². The van der Waals surface area contributed by atoms with Gasteiger partial charge in [-0.2, -0.15) is 0 Å². The molecule has 1 aliphatic rings. The summed E-state index contributed by atoms with van der Waals surface area (Å²) in [5.41, 5.74) is 1.13. The second-order valence-electron chi connectivity index (χ2n) is 5.55. The maximum Gasteiger partial charge on any atom is 0.224 e. The first-order valence-corrected chi connectivity index (χ1v) is 7.11. The van der Waals surface area contributed by atoms with E-state index in [1.807, 2.05) is 18.7 Å². The summed E-state index contributed by atoms with van der Waals surface area (Å²) >= 11 is 0. The highest BCUT2D eigenvalue weighted by Crippen LogP contribution is 2.23. The number of nitrogens with zero attached hydrogens (tertiary/aromatic N) is 1. The summed E-state index contributed by atoms with van der Waals surface area (Å²) in [5.74, 6) is -0.0662. The predicted octanol–water partition coefficient (Wildman–Crippen LogP) is 2.22. The molecular formula is C15H22FN3O. The summed E-state index contributed by atoms with van der Waals surface area (Å²) in [6.45, 7) is 7.30. The van der Waals surface area contributed by atoms with Crippen molar-refractivity contribution in [3.63, 3.8) is 0 Å². The van der Waals surface area contributed by atoms with Gasteiger partial charge in [-0.1, -0.05) is 13.8 Å². The molecule has 20 heavy (non-hydrogen) atoms. The van der Waals surface area contributed by atoms with Crippen LogP contribution in [-0.2, 0) is 4.79 Å². The molecule has 0 spiro atoms. The third-order valence-corrected chi connectivity index (χ3v) is 3.28. The molecule has 1 aromatic carbocycles. The first kappa shape index (κ1) is 14.8. The van der Waals surface area contributed by atoms with E-state index in [2.05, 4.69) is 10.6 Å². The number of rotatable bonds is 4. The van der Waals surface area contributed by atoms with Crippen LogP contribution in [0.5, 0.6) is 0 Å². The van der Waals surface area contributed by atoms with Crippen molar-refractivity contribution in [2.24, 2.45) is 5.92 Å². The largest absolute Gasteiger partial charge is 0.367 e. The van der Waals surface area contributed by atoms with Crippen molar-refractivity contribution in [3.05, 3.63) is 24.0 Å². The Kier molecular flexibility index (Phi) is 4.95. The Balaban J connectivity index is 2.03. The average Bonchev–Trinajstić information content (AvgIpc) is 2.38. The monoisotopic (exact) mass is 279 g/mol. The molecule has 4 nitrogen and oxygen atoms in total. The zero-order chi connectivity index (χ0) is 14.5. The molecule has 1 aromatic rings. The zero-order valence-corrected chi connectivity index (χ0v) is 12.1. The Morgan fingerprint density at radius 2 is 2.10 bits per heavy atom. The lowest BCUT2D eigenvalue weighted by molar-refractivity contribution is -0.116. The third kappa shape index (κ3) is 3.93. The lowest BCUT2D eigenvalue weighted by Gasteiger charge is -2.29. The first-order chi connectivity index (χ1) is 9.56. The van der Waals surface area contributed by atoms with Crippen LogP contribution < -0.4 is 15.5 Å². The van der Waals surface area contributed by atoms with E-state index in [0.717, 1.165) is 26.2 Å². The summed E-state index contributed by atoms with van der Waals surface area (Å²) in [6.07, 6.45) is 0.446. The van der Waals surface area contributed by atoms with E-state index < -0.39 is 0 Å². The molecule has 1 saturated heterocycles. The lowest BCUT2D eigenvalue weighted by atomic mass is 10.1. The summed E-state index contributed by atoms with van der Waals surface area (Å²) in [4.78, 5) is 13.7. The number of carbonyl (C=O) groups is 1. The molecule has 0 aromatic heterocycles. The fraction of sp³-hybridized carbons (Fsp3) is 0.533. The van der Waals surface area contributed by atoms with Crippen LogP contribution in [-0.4, -0.2) is 32.1 Å². The van der Waals surface area contributed by atoms with Crippen LogP contribution >= 0.6 is 0 Å². The molecule has 1 heterocycles. The van der Waals surface area contributed by atoms with Crippen molar-refractivity contribution in [1.29, 1.82) is 0 Å². The molecule has 0 bridgehead atoms. The smallest absolute Gasteiger partial charge is 0.224 e. The summed E-state index contributed by atoms with van der Waals surface area (Å²) in [7, 11) is 0. The Hall–Kier alpha value is -1.62. The molecule has 1 fully saturated rings.